The van der Waals surface area contributed by atoms with Crippen LogP contribution < -0.4 is 14.8 Å². The second kappa shape index (κ2) is 13.3. The highest BCUT2D eigenvalue weighted by Gasteiger charge is 2.61. The molecule has 2 N–H and O–H groups in total. The molecule has 1 aromatic heterocycles. The van der Waals surface area contributed by atoms with Crippen LogP contribution in [-0.4, -0.2) is 73.8 Å². The van der Waals surface area contributed by atoms with Gasteiger partial charge in [0.25, 0.3) is 5.91 Å². The molecule has 47 heavy (non-hydrogen) atoms. The Balaban J connectivity index is 1.20. The third-order valence-electron chi connectivity index (χ3n) is 8.78. The van der Waals surface area contributed by atoms with E-state index in [-0.39, 0.29) is 31.7 Å². The van der Waals surface area contributed by atoms with Crippen molar-refractivity contribution in [2.75, 3.05) is 13.7 Å². The quantitative estimate of drug-likeness (QED) is 0.160. The van der Waals surface area contributed by atoms with Crippen molar-refractivity contribution in [2.45, 2.75) is 55.0 Å². The van der Waals surface area contributed by atoms with E-state index in [1.807, 2.05) is 66.0 Å². The minimum atomic E-state index is -3.83. The fraction of sp³-hybridized carbons (Fsp3) is 0.353. The zero-order chi connectivity index (χ0) is 33.2. The van der Waals surface area contributed by atoms with Gasteiger partial charge in [-0.1, -0.05) is 47.6 Å². The fourth-order valence-electron chi connectivity index (χ4n) is 5.89. The molecule has 0 spiro atoms. The molecule has 1 aliphatic heterocycles. The summed E-state index contributed by atoms with van der Waals surface area (Å²) in [5.41, 5.74) is 1.05. The van der Waals surface area contributed by atoms with Crippen LogP contribution in [0.2, 0.25) is 0 Å². The van der Waals surface area contributed by atoms with E-state index in [0.717, 1.165) is 21.6 Å². The minimum absolute atomic E-state index is 0.0646. The number of likely N-dealkylation sites (tertiary alicyclic amines) is 1. The molecule has 3 aromatic rings. The Labute approximate surface area is 277 Å². The summed E-state index contributed by atoms with van der Waals surface area (Å²) in [6.07, 6.45) is 3.86. The van der Waals surface area contributed by atoms with Crippen LogP contribution in [0.15, 0.2) is 83.9 Å². The zero-order valence-electron chi connectivity index (χ0n) is 25.8. The maximum atomic E-state index is 13.9. The van der Waals surface area contributed by atoms with E-state index in [1.165, 1.54) is 11.0 Å². The Morgan fingerprint density at radius 2 is 1.91 bits per heavy atom. The number of oxime groups is 1. The first kappa shape index (κ1) is 32.5. The van der Waals surface area contributed by atoms with E-state index in [0.29, 0.717) is 18.6 Å². The van der Waals surface area contributed by atoms with Crippen molar-refractivity contribution in [3.05, 3.63) is 89.8 Å². The molecule has 2 aromatic carbocycles. The molecule has 4 atom stereocenters. The number of rotatable bonds is 13. The van der Waals surface area contributed by atoms with Crippen LogP contribution in [0.3, 0.4) is 0 Å². The molecular weight excluding hydrogens is 641 g/mol. The fourth-order valence-corrected chi connectivity index (χ4v) is 8.03. The molecule has 2 heterocycles. The average molecular weight is 677 g/mol. The number of carbonyl (C=O) groups excluding carboxylic acids is 3. The Hall–Kier alpha value is -4.49. The normalized spacial score (nSPS) is 23.7. The molecule has 2 aliphatic carbocycles. The van der Waals surface area contributed by atoms with Gasteiger partial charge in [-0.2, -0.15) is 0 Å². The second-order valence-electron chi connectivity index (χ2n) is 12.0. The average Bonchev–Trinajstić information content (AvgIpc) is 3.94. The van der Waals surface area contributed by atoms with Gasteiger partial charge in [-0.05, 0) is 54.5 Å². The third kappa shape index (κ3) is 7.10. The first-order valence-electron chi connectivity index (χ1n) is 15.4. The Morgan fingerprint density at radius 3 is 2.57 bits per heavy atom. The number of sulfonamides is 1. The molecule has 2 unspecified atom stereocenters. The molecule has 11 nitrogen and oxygen atoms in total. The summed E-state index contributed by atoms with van der Waals surface area (Å²) < 4.78 is 32.6. The maximum absolute atomic E-state index is 13.9. The molecule has 3 fully saturated rings. The predicted octanol–water partition coefficient (Wildman–Crippen LogP) is 3.66. The van der Waals surface area contributed by atoms with Gasteiger partial charge >= 0.3 is 0 Å². The number of hydrogen-bond donors (Lipinski definition) is 2. The van der Waals surface area contributed by atoms with Crippen LogP contribution in [0.5, 0.6) is 5.75 Å². The van der Waals surface area contributed by atoms with Crippen LogP contribution in [0, 0.1) is 5.92 Å². The number of ether oxygens (including phenoxy) is 1. The molecule has 246 valence electrons. The summed E-state index contributed by atoms with van der Waals surface area (Å²) in [4.78, 5) is 49.1. The van der Waals surface area contributed by atoms with Crippen LogP contribution in [0.1, 0.15) is 36.8 Å². The summed E-state index contributed by atoms with van der Waals surface area (Å²) in [5.74, 6) is -1.45. The van der Waals surface area contributed by atoms with E-state index >= 15 is 0 Å². The number of benzene rings is 2. The molecule has 6 rings (SSSR count). The van der Waals surface area contributed by atoms with Crippen LogP contribution in [0.25, 0.3) is 10.4 Å². The van der Waals surface area contributed by atoms with E-state index in [1.54, 1.807) is 24.7 Å². The van der Waals surface area contributed by atoms with Gasteiger partial charge in [0, 0.05) is 28.3 Å². The van der Waals surface area contributed by atoms with Crippen molar-refractivity contribution in [3.63, 3.8) is 0 Å². The van der Waals surface area contributed by atoms with E-state index < -0.39 is 50.7 Å². The van der Waals surface area contributed by atoms with E-state index in [4.69, 9.17) is 9.57 Å². The van der Waals surface area contributed by atoms with Crippen LogP contribution in [-0.2, 0) is 35.7 Å². The molecule has 1 saturated heterocycles. The molecule has 3 aliphatic rings. The zero-order valence-corrected chi connectivity index (χ0v) is 27.5. The topological polar surface area (TPSA) is 143 Å². The summed E-state index contributed by atoms with van der Waals surface area (Å²) in [7, 11) is -2.25. The van der Waals surface area contributed by atoms with Gasteiger partial charge in [-0.25, -0.2) is 8.42 Å². The van der Waals surface area contributed by atoms with Crippen LogP contribution in [0.4, 0.5) is 0 Å². The lowest BCUT2D eigenvalue weighted by Gasteiger charge is -2.26. The number of nitrogens with zero attached hydrogens (tertiary/aromatic N) is 2. The first-order chi connectivity index (χ1) is 22.6. The summed E-state index contributed by atoms with van der Waals surface area (Å²) in [6, 6.07) is 17.9. The lowest BCUT2D eigenvalue weighted by atomic mass is 10.1. The van der Waals surface area contributed by atoms with Gasteiger partial charge in [-0.15, -0.1) is 17.9 Å². The Kier molecular flexibility index (Phi) is 9.20. The van der Waals surface area contributed by atoms with Crippen molar-refractivity contribution < 1.29 is 32.4 Å². The van der Waals surface area contributed by atoms with E-state index in [9.17, 15) is 22.8 Å². The van der Waals surface area contributed by atoms with E-state index in [2.05, 4.69) is 21.8 Å². The number of thiophene rings is 1. The van der Waals surface area contributed by atoms with Crippen molar-refractivity contribution in [1.82, 2.24) is 14.9 Å². The number of amides is 3. The number of hydrogen-bond acceptors (Lipinski definition) is 9. The standard InChI is InChI=1S/C34H36N4O7S2/c1-3-24-19-34(24,33(41)37-47(42,43)27-12-13-27)36-32(40)29-18-26(21-38(29)31(39)16-22-8-5-4-6-9-22)45-35-20-23-17-25(44-2)11-14-28(23)30-10-7-15-46-30/h3-11,14-15,17,20,24,26-27,29H,1,12-13,16,18-19,21H2,2H3,(H,36,40)(H,37,41)/b35-20+/t24-,26?,29?,34+/m1/s1. The second-order valence-corrected chi connectivity index (χ2v) is 14.9. The molecule has 13 heteroatoms. The van der Waals surface area contributed by atoms with Gasteiger partial charge in [0.1, 0.15) is 23.4 Å². The maximum Gasteiger partial charge on any atom is 0.259 e. The SMILES string of the molecule is C=C[C@@H]1C[C@@]1(NC(=O)C1CC(O/N=C/c2cc(OC)ccc2-c2cccs2)CN1C(=O)Cc1ccccc1)C(=O)NS(=O)(=O)C1CC1. The molecule has 0 radical (unpaired) electrons. The number of nitrogens with one attached hydrogen (secondary N) is 2. The third-order valence-corrected chi connectivity index (χ3v) is 11.5. The molecular formula is C34H36N4O7S2. The lowest BCUT2D eigenvalue weighted by molar-refractivity contribution is -0.139. The van der Waals surface area contributed by atoms with Gasteiger partial charge in [0.05, 0.1) is 31.5 Å². The van der Waals surface area contributed by atoms with Gasteiger partial charge in [0.2, 0.25) is 21.8 Å². The minimum Gasteiger partial charge on any atom is -0.497 e. The smallest absolute Gasteiger partial charge is 0.259 e. The number of methoxy groups -OCH3 is 1. The van der Waals surface area contributed by atoms with Crippen molar-refractivity contribution in [2.24, 2.45) is 11.1 Å². The molecule has 3 amide bonds. The molecule has 2 saturated carbocycles. The first-order valence-corrected chi connectivity index (χ1v) is 17.8. The van der Waals surface area contributed by atoms with Gasteiger partial charge < -0.3 is 19.8 Å². The predicted molar refractivity (Wildman–Crippen MR) is 178 cm³/mol. The van der Waals surface area contributed by atoms with Gasteiger partial charge in [-0.3, -0.25) is 19.1 Å². The summed E-state index contributed by atoms with van der Waals surface area (Å²) in [6.45, 7) is 3.85. The van der Waals surface area contributed by atoms with Gasteiger partial charge in [0.15, 0.2) is 0 Å². The van der Waals surface area contributed by atoms with Crippen molar-refractivity contribution >= 4 is 45.3 Å². The highest BCUT2D eigenvalue weighted by molar-refractivity contribution is 7.91. The number of carbonyl (C=O) groups is 3. The van der Waals surface area contributed by atoms with Crippen molar-refractivity contribution in [1.29, 1.82) is 0 Å². The lowest BCUT2D eigenvalue weighted by Crippen LogP contribution is -2.56. The Morgan fingerprint density at radius 1 is 1.13 bits per heavy atom. The largest absolute Gasteiger partial charge is 0.497 e. The van der Waals surface area contributed by atoms with Crippen molar-refractivity contribution in [3.8, 4) is 16.2 Å². The monoisotopic (exact) mass is 676 g/mol. The Bertz CT molecular complexity index is 1790. The van der Waals surface area contributed by atoms with Crippen LogP contribution >= 0.6 is 11.3 Å². The highest BCUT2D eigenvalue weighted by atomic mass is 32.2. The summed E-state index contributed by atoms with van der Waals surface area (Å²) >= 11 is 1.59. The summed E-state index contributed by atoms with van der Waals surface area (Å²) in [5, 5.41) is 8.43. The highest BCUT2D eigenvalue weighted by Crippen LogP contribution is 2.45. The molecule has 0 bridgehead atoms.